The second-order valence-electron chi connectivity index (χ2n) is 6.68. The molecule has 0 aromatic carbocycles. The SMILES string of the molecule is CC1CC(C(=O)NCCC(C)(C)CCC(=O)O)CCN1. The molecule has 5 heteroatoms. The Balaban J connectivity index is 2.25. The lowest BCUT2D eigenvalue weighted by Gasteiger charge is -2.28. The highest BCUT2D eigenvalue weighted by Crippen LogP contribution is 2.26. The predicted octanol–water partition coefficient (Wildman–Crippen LogP) is 1.77. The quantitative estimate of drug-likeness (QED) is 0.666. The number of carbonyl (C=O) groups is 2. The summed E-state index contributed by atoms with van der Waals surface area (Å²) in [5, 5.41) is 15.1. The summed E-state index contributed by atoms with van der Waals surface area (Å²) in [4.78, 5) is 22.7. The zero-order valence-corrected chi connectivity index (χ0v) is 12.9. The minimum atomic E-state index is -0.759. The first-order chi connectivity index (χ1) is 9.30. The Hall–Kier alpha value is -1.10. The summed E-state index contributed by atoms with van der Waals surface area (Å²) < 4.78 is 0. The number of nitrogens with one attached hydrogen (secondary N) is 2. The van der Waals surface area contributed by atoms with E-state index in [0.29, 0.717) is 19.0 Å². The first-order valence-corrected chi connectivity index (χ1v) is 7.53. The van der Waals surface area contributed by atoms with Crippen LogP contribution >= 0.6 is 0 Å². The maximum atomic E-state index is 12.1. The Morgan fingerprint density at radius 3 is 2.65 bits per heavy atom. The summed E-state index contributed by atoms with van der Waals surface area (Å²) in [6, 6.07) is 0.409. The van der Waals surface area contributed by atoms with Gasteiger partial charge in [0.1, 0.15) is 0 Å². The van der Waals surface area contributed by atoms with Gasteiger partial charge in [0, 0.05) is 24.9 Å². The van der Waals surface area contributed by atoms with E-state index < -0.39 is 5.97 Å². The Labute approximate surface area is 121 Å². The second-order valence-corrected chi connectivity index (χ2v) is 6.68. The topological polar surface area (TPSA) is 78.4 Å². The highest BCUT2D eigenvalue weighted by Gasteiger charge is 2.25. The summed E-state index contributed by atoms with van der Waals surface area (Å²) in [7, 11) is 0. The van der Waals surface area contributed by atoms with Gasteiger partial charge in [0.25, 0.3) is 0 Å². The van der Waals surface area contributed by atoms with Crippen molar-refractivity contribution < 1.29 is 14.7 Å². The molecule has 116 valence electrons. The van der Waals surface area contributed by atoms with Gasteiger partial charge in [-0.3, -0.25) is 9.59 Å². The van der Waals surface area contributed by atoms with Gasteiger partial charge >= 0.3 is 5.97 Å². The fraction of sp³-hybridized carbons (Fsp3) is 0.867. The largest absolute Gasteiger partial charge is 0.481 e. The third-order valence-electron chi connectivity index (χ3n) is 4.11. The van der Waals surface area contributed by atoms with Gasteiger partial charge < -0.3 is 15.7 Å². The zero-order chi connectivity index (χ0) is 15.2. The third kappa shape index (κ3) is 6.37. The molecule has 0 bridgehead atoms. The third-order valence-corrected chi connectivity index (χ3v) is 4.11. The second kappa shape index (κ2) is 7.62. The summed E-state index contributed by atoms with van der Waals surface area (Å²) in [6.07, 6.45) is 3.44. The summed E-state index contributed by atoms with van der Waals surface area (Å²) in [5.41, 5.74) is -0.0485. The number of aliphatic carboxylic acids is 1. The lowest BCUT2D eigenvalue weighted by molar-refractivity contribution is -0.137. The van der Waals surface area contributed by atoms with Crippen molar-refractivity contribution in [2.24, 2.45) is 11.3 Å². The number of rotatable bonds is 7. The van der Waals surface area contributed by atoms with Crippen LogP contribution in [0.2, 0.25) is 0 Å². The molecule has 20 heavy (non-hydrogen) atoms. The highest BCUT2D eigenvalue weighted by atomic mass is 16.4. The van der Waals surface area contributed by atoms with Crippen molar-refractivity contribution in [3.05, 3.63) is 0 Å². The van der Waals surface area contributed by atoms with Crippen molar-refractivity contribution in [1.29, 1.82) is 0 Å². The number of hydrogen-bond donors (Lipinski definition) is 3. The average molecular weight is 284 g/mol. The molecule has 1 fully saturated rings. The number of piperidine rings is 1. The lowest BCUT2D eigenvalue weighted by atomic mass is 9.84. The van der Waals surface area contributed by atoms with E-state index >= 15 is 0 Å². The van der Waals surface area contributed by atoms with Gasteiger partial charge in [-0.15, -0.1) is 0 Å². The maximum Gasteiger partial charge on any atom is 0.303 e. The van der Waals surface area contributed by atoms with Crippen LogP contribution in [0.4, 0.5) is 0 Å². The van der Waals surface area contributed by atoms with Crippen LogP contribution in [-0.2, 0) is 9.59 Å². The number of hydrogen-bond acceptors (Lipinski definition) is 3. The molecule has 2 unspecified atom stereocenters. The lowest BCUT2D eigenvalue weighted by Crippen LogP contribution is -2.43. The van der Waals surface area contributed by atoms with Crippen molar-refractivity contribution in [3.63, 3.8) is 0 Å². The van der Waals surface area contributed by atoms with Crippen molar-refractivity contribution in [3.8, 4) is 0 Å². The molecule has 3 N–H and O–H groups in total. The molecular weight excluding hydrogens is 256 g/mol. The van der Waals surface area contributed by atoms with E-state index in [9.17, 15) is 9.59 Å². The Kier molecular flexibility index (Phi) is 6.46. The van der Waals surface area contributed by atoms with E-state index in [0.717, 1.165) is 25.8 Å². The molecule has 0 spiro atoms. The Morgan fingerprint density at radius 1 is 1.35 bits per heavy atom. The van der Waals surface area contributed by atoms with Gasteiger partial charge in [0.05, 0.1) is 0 Å². The van der Waals surface area contributed by atoms with E-state index in [1.165, 1.54) is 0 Å². The van der Waals surface area contributed by atoms with Crippen LogP contribution in [0.25, 0.3) is 0 Å². The van der Waals surface area contributed by atoms with Gasteiger partial charge in [-0.05, 0) is 44.6 Å². The van der Waals surface area contributed by atoms with Crippen LogP contribution in [0.5, 0.6) is 0 Å². The standard InChI is InChI=1S/C15H28N2O3/c1-11-10-12(5-8-16-11)14(20)17-9-7-15(2,3)6-4-13(18)19/h11-12,16H,4-10H2,1-3H3,(H,17,20)(H,18,19). The van der Waals surface area contributed by atoms with Gasteiger partial charge in [0.15, 0.2) is 0 Å². The van der Waals surface area contributed by atoms with Crippen LogP contribution in [0.1, 0.15) is 52.9 Å². The normalized spacial score (nSPS) is 23.4. The van der Waals surface area contributed by atoms with Crippen LogP contribution < -0.4 is 10.6 Å². The number of carboxylic acids is 1. The predicted molar refractivity (Wildman–Crippen MR) is 78.5 cm³/mol. The first-order valence-electron chi connectivity index (χ1n) is 7.53. The fourth-order valence-electron chi connectivity index (χ4n) is 2.61. The summed E-state index contributed by atoms with van der Waals surface area (Å²) in [6.45, 7) is 7.74. The number of carbonyl (C=O) groups excluding carboxylic acids is 1. The molecule has 1 heterocycles. The van der Waals surface area contributed by atoms with Crippen LogP contribution in [0.3, 0.4) is 0 Å². The van der Waals surface area contributed by atoms with Crippen molar-refractivity contribution in [1.82, 2.24) is 10.6 Å². The molecule has 1 rings (SSSR count). The highest BCUT2D eigenvalue weighted by molar-refractivity contribution is 5.78. The van der Waals surface area contributed by atoms with Gasteiger partial charge in [-0.1, -0.05) is 13.8 Å². The Bertz CT molecular complexity index is 342. The van der Waals surface area contributed by atoms with Gasteiger partial charge in [-0.2, -0.15) is 0 Å². The smallest absolute Gasteiger partial charge is 0.303 e. The number of amides is 1. The Morgan fingerprint density at radius 2 is 2.05 bits per heavy atom. The van der Waals surface area contributed by atoms with E-state index in [2.05, 4.69) is 31.4 Å². The molecule has 0 aromatic rings. The van der Waals surface area contributed by atoms with Crippen LogP contribution in [0, 0.1) is 11.3 Å². The van der Waals surface area contributed by atoms with E-state index in [1.54, 1.807) is 0 Å². The molecule has 1 aliphatic heterocycles. The maximum absolute atomic E-state index is 12.1. The van der Waals surface area contributed by atoms with E-state index in [1.807, 2.05) is 0 Å². The first kappa shape index (κ1) is 17.0. The molecule has 0 aliphatic carbocycles. The fourth-order valence-corrected chi connectivity index (χ4v) is 2.61. The van der Waals surface area contributed by atoms with Crippen LogP contribution in [0.15, 0.2) is 0 Å². The molecule has 0 radical (unpaired) electrons. The minimum Gasteiger partial charge on any atom is -0.481 e. The van der Waals surface area contributed by atoms with Crippen molar-refractivity contribution in [2.75, 3.05) is 13.1 Å². The average Bonchev–Trinajstić information content (AvgIpc) is 2.36. The molecule has 5 nitrogen and oxygen atoms in total. The number of carboxylic acid groups (broad SMARTS) is 1. The summed E-state index contributed by atoms with van der Waals surface area (Å²) in [5.74, 6) is -0.494. The monoisotopic (exact) mass is 284 g/mol. The van der Waals surface area contributed by atoms with Gasteiger partial charge in [0.2, 0.25) is 5.91 Å². The molecular formula is C15H28N2O3. The molecule has 0 saturated carbocycles. The summed E-state index contributed by atoms with van der Waals surface area (Å²) >= 11 is 0. The van der Waals surface area contributed by atoms with E-state index in [4.69, 9.17) is 5.11 Å². The van der Waals surface area contributed by atoms with Crippen LogP contribution in [-0.4, -0.2) is 36.1 Å². The zero-order valence-electron chi connectivity index (χ0n) is 12.9. The molecule has 1 amide bonds. The molecule has 2 atom stereocenters. The minimum absolute atomic E-state index is 0.0485. The molecule has 1 aliphatic rings. The van der Waals surface area contributed by atoms with Gasteiger partial charge in [-0.25, -0.2) is 0 Å². The van der Waals surface area contributed by atoms with E-state index in [-0.39, 0.29) is 23.7 Å². The molecule has 0 aromatic heterocycles. The van der Waals surface area contributed by atoms with Crippen molar-refractivity contribution >= 4 is 11.9 Å². The molecule has 1 saturated heterocycles. The van der Waals surface area contributed by atoms with Crippen molar-refractivity contribution in [2.45, 2.75) is 58.9 Å².